The normalized spacial score (nSPS) is 17.7. The van der Waals surface area contributed by atoms with Crippen molar-refractivity contribution in [2.75, 3.05) is 40.3 Å². The van der Waals surface area contributed by atoms with Gasteiger partial charge in [-0.15, -0.1) is 22.7 Å². The van der Waals surface area contributed by atoms with Gasteiger partial charge in [0.1, 0.15) is 56.2 Å². The maximum Gasteiger partial charge on any atom is 0.274 e. The number of hydrogen-bond acceptors (Lipinski definition) is 16. The molecule has 2 aliphatic heterocycles. The first-order valence-electron chi connectivity index (χ1n) is 24.8. The van der Waals surface area contributed by atoms with E-state index >= 15 is 0 Å². The lowest BCUT2D eigenvalue weighted by molar-refractivity contribution is -0.123. The molecule has 8 rings (SSSR count). The van der Waals surface area contributed by atoms with Gasteiger partial charge in [-0.2, -0.15) is 0 Å². The van der Waals surface area contributed by atoms with Gasteiger partial charge in [-0.05, 0) is 75.6 Å². The van der Waals surface area contributed by atoms with Gasteiger partial charge >= 0.3 is 0 Å². The van der Waals surface area contributed by atoms with Gasteiger partial charge in [0.15, 0.2) is 11.9 Å². The molecule has 2 saturated heterocycles. The van der Waals surface area contributed by atoms with E-state index in [0.29, 0.717) is 110 Å². The van der Waals surface area contributed by atoms with Gasteiger partial charge in [0, 0.05) is 87.9 Å². The SMILES string of the molecule is CNC(=O)C(CCCCNC(=N)N)NC(=O)c1csc([C@@H]2C[C@@H](N)CN2C(=O)c2cn3cc(Cl)ccc3n2)n1.CNC(=O)C(CCCCNC(=N)N)NC(=O)c1csc([C@@H]2C[C@@H](N)CN2C(=O)c2cn3ccccc3n2)n1. The minimum absolute atomic E-state index is 0.109. The van der Waals surface area contributed by atoms with Gasteiger partial charge < -0.3 is 73.4 Å². The fourth-order valence-electron chi connectivity index (χ4n) is 8.89. The van der Waals surface area contributed by atoms with Crippen LogP contribution >= 0.6 is 34.3 Å². The van der Waals surface area contributed by atoms with Gasteiger partial charge in [-0.3, -0.25) is 39.6 Å². The zero-order valence-electron chi connectivity index (χ0n) is 42.3. The first-order chi connectivity index (χ1) is 36.9. The Bertz CT molecular complexity index is 3070. The van der Waals surface area contributed by atoms with Crippen molar-refractivity contribution < 1.29 is 28.8 Å². The maximum atomic E-state index is 13.4. The van der Waals surface area contributed by atoms with Crippen molar-refractivity contribution in [3.63, 3.8) is 0 Å². The number of carbonyl (C=O) groups is 6. The molecule has 0 aromatic carbocycles. The molecule has 2 aliphatic rings. The molecule has 77 heavy (non-hydrogen) atoms. The highest BCUT2D eigenvalue weighted by Crippen LogP contribution is 2.36. The lowest BCUT2D eigenvalue weighted by atomic mass is 10.1. The van der Waals surface area contributed by atoms with E-state index in [-0.39, 0.29) is 70.8 Å². The van der Waals surface area contributed by atoms with Crippen LogP contribution in [-0.2, 0) is 9.59 Å². The van der Waals surface area contributed by atoms with Crippen LogP contribution in [0.5, 0.6) is 0 Å². The van der Waals surface area contributed by atoms with Gasteiger partial charge in [0.25, 0.3) is 23.6 Å². The van der Waals surface area contributed by atoms with Gasteiger partial charge in [0.2, 0.25) is 11.8 Å². The molecule has 6 amide bonds. The predicted octanol–water partition coefficient (Wildman–Crippen LogP) is 1.06. The second-order valence-corrected chi connectivity index (χ2v) is 20.6. The smallest absolute Gasteiger partial charge is 0.274 e. The number of hydrogen-bond donors (Lipinski definition) is 12. The van der Waals surface area contributed by atoms with Crippen molar-refractivity contribution in [2.24, 2.45) is 22.9 Å². The third-order valence-corrected chi connectivity index (χ3v) is 14.8. The Morgan fingerprint density at radius 2 is 1.12 bits per heavy atom. The van der Waals surface area contributed by atoms with Gasteiger partial charge in [0.05, 0.1) is 17.1 Å². The van der Waals surface area contributed by atoms with Gasteiger partial charge in [-0.1, -0.05) is 17.7 Å². The molecule has 2 fully saturated rings. The molecule has 0 radical (unpaired) electrons. The summed E-state index contributed by atoms with van der Waals surface area (Å²) in [6.45, 7) is 1.69. The largest absolute Gasteiger partial charge is 0.370 e. The van der Waals surface area contributed by atoms with E-state index in [4.69, 9.17) is 45.4 Å². The van der Waals surface area contributed by atoms with E-state index < -0.39 is 29.9 Å². The molecule has 26 nitrogen and oxygen atoms in total. The van der Waals surface area contributed by atoms with E-state index in [2.05, 4.69) is 51.8 Å². The number of pyridine rings is 2. The number of nitrogens with one attached hydrogen (secondary N) is 8. The van der Waals surface area contributed by atoms with Crippen molar-refractivity contribution >= 4 is 92.9 Å². The summed E-state index contributed by atoms with van der Waals surface area (Å²) in [6, 6.07) is 6.24. The molecular weight excluding hydrogens is 1050 g/mol. The maximum absolute atomic E-state index is 13.4. The number of thiazole rings is 2. The Labute approximate surface area is 455 Å². The minimum Gasteiger partial charge on any atom is -0.370 e. The van der Waals surface area contributed by atoms with Crippen LogP contribution in [0.3, 0.4) is 0 Å². The average Bonchev–Trinajstić information content (AvgIpc) is 4.29. The Hall–Kier alpha value is -7.79. The third-order valence-electron chi connectivity index (χ3n) is 12.7. The number of rotatable bonds is 20. The molecule has 0 saturated carbocycles. The van der Waals surface area contributed by atoms with Crippen molar-refractivity contribution in [1.29, 1.82) is 10.8 Å². The minimum atomic E-state index is -0.744. The summed E-state index contributed by atoms with van der Waals surface area (Å²) >= 11 is 8.60. The molecule has 410 valence electrons. The number of unbranched alkanes of at least 4 members (excludes halogenated alkanes) is 2. The molecule has 8 heterocycles. The Balaban J connectivity index is 0.000000224. The first-order valence-corrected chi connectivity index (χ1v) is 26.9. The van der Waals surface area contributed by atoms with E-state index in [1.54, 1.807) is 60.1 Å². The lowest BCUT2D eigenvalue weighted by Gasteiger charge is -2.22. The molecule has 2 unspecified atom stereocenters. The Morgan fingerprint density at radius 1 is 0.649 bits per heavy atom. The number of nitrogens with zero attached hydrogens (tertiary/aromatic N) is 8. The Morgan fingerprint density at radius 3 is 1.57 bits per heavy atom. The van der Waals surface area contributed by atoms with Crippen LogP contribution in [0.1, 0.15) is 115 Å². The van der Waals surface area contributed by atoms with Crippen LogP contribution < -0.4 is 54.8 Å². The summed E-state index contributed by atoms with van der Waals surface area (Å²) in [7, 11) is 3.02. The van der Waals surface area contributed by atoms with E-state index in [1.807, 2.05) is 24.4 Å². The summed E-state index contributed by atoms with van der Waals surface area (Å²) in [5.74, 6) is -2.32. The van der Waals surface area contributed by atoms with Gasteiger partial charge in [-0.25, -0.2) is 19.9 Å². The summed E-state index contributed by atoms with van der Waals surface area (Å²) < 4.78 is 3.47. The highest BCUT2D eigenvalue weighted by atomic mass is 35.5. The topological polar surface area (TPSA) is 393 Å². The fourth-order valence-corrected chi connectivity index (χ4v) is 10.9. The Kier molecular flexibility index (Phi) is 19.5. The molecule has 0 spiro atoms. The number of likely N-dealkylation sites (tertiary alicyclic amines) is 2. The van der Waals surface area contributed by atoms with Crippen molar-refractivity contribution in [3.05, 3.63) is 104 Å². The molecule has 0 aliphatic carbocycles. The molecule has 29 heteroatoms. The van der Waals surface area contributed by atoms with E-state index in [1.165, 1.54) is 36.8 Å². The first kappa shape index (κ1) is 56.9. The van der Waals surface area contributed by atoms with Crippen LogP contribution in [0.2, 0.25) is 5.02 Å². The number of aromatic nitrogens is 6. The number of guanidine groups is 2. The molecule has 6 aromatic heterocycles. The highest BCUT2D eigenvalue weighted by molar-refractivity contribution is 7.10. The number of likely N-dealkylation sites (N-methyl/N-ethyl adjacent to an activating group) is 2. The second-order valence-electron chi connectivity index (χ2n) is 18.4. The number of halogens is 1. The molecule has 6 aromatic rings. The molecule has 16 N–H and O–H groups in total. The molecule has 6 atom stereocenters. The summed E-state index contributed by atoms with van der Waals surface area (Å²) in [5, 5.41) is 35.4. The second kappa shape index (κ2) is 26.3. The summed E-state index contributed by atoms with van der Waals surface area (Å²) in [5.41, 5.74) is 25.2. The third kappa shape index (κ3) is 14.8. The van der Waals surface area contributed by atoms with Crippen LogP contribution in [0.4, 0.5) is 0 Å². The van der Waals surface area contributed by atoms with E-state index in [9.17, 15) is 28.8 Å². The van der Waals surface area contributed by atoms with Crippen LogP contribution in [-0.4, -0.2) is 150 Å². The number of carbonyl (C=O) groups excluding carboxylic acids is 6. The van der Waals surface area contributed by atoms with Crippen LogP contribution in [0.25, 0.3) is 11.3 Å². The molecule has 0 bridgehead atoms. The number of imidazole rings is 2. The van der Waals surface area contributed by atoms with Crippen LogP contribution in [0.15, 0.2) is 65.9 Å². The monoisotopic (exact) mass is 1110 g/mol. The summed E-state index contributed by atoms with van der Waals surface area (Å²) in [4.78, 5) is 98.6. The quantitative estimate of drug-likeness (QED) is 0.0289. The zero-order chi connectivity index (χ0) is 55.3. The lowest BCUT2D eigenvalue weighted by Crippen LogP contribution is -2.45. The van der Waals surface area contributed by atoms with Crippen molar-refractivity contribution in [3.8, 4) is 0 Å². The average molecular weight is 1120 g/mol. The van der Waals surface area contributed by atoms with Crippen molar-refractivity contribution in [2.45, 2.75) is 87.6 Å². The number of nitrogens with two attached hydrogens (primary N) is 4. The zero-order valence-corrected chi connectivity index (χ0v) is 44.7. The number of fused-ring (bicyclic) bond motifs is 2. The van der Waals surface area contributed by atoms with Crippen molar-refractivity contribution in [1.82, 2.24) is 70.4 Å². The molecular formula is C48H63ClN20O6S2. The summed E-state index contributed by atoms with van der Waals surface area (Å²) in [6.07, 6.45) is 11.3. The van der Waals surface area contributed by atoms with Crippen LogP contribution in [0, 0.1) is 10.8 Å². The van der Waals surface area contributed by atoms with E-state index in [0.717, 1.165) is 0 Å². The highest BCUT2D eigenvalue weighted by Gasteiger charge is 2.40. The predicted molar refractivity (Wildman–Crippen MR) is 291 cm³/mol. The fraction of sp³-hybridized carbons (Fsp3) is 0.417. The standard InChI is InChI=1S/C24H31ClN10O3S.C24H32N10O3S/c1-29-20(36)15(4-2-3-7-30-24(27)28)32-21(37)17-12-39-22(33-17)18-8-14(26)10-35(18)23(38)16-11-34-9-13(25)5-6-19(34)31-16;1-28-20(35)15(6-2-4-8-29-24(26)27)31-21(36)17-13-38-22(32-17)18-10-14(25)11-34(18)23(37)16-12-33-9-5-3-7-19(33)30-16/h5-6,9,11-12,14-15,18H,2-4,7-8,10,26H2,1H3,(H,29,36)(H,32,37)(H4,27,28,30);3,5,7,9,12-15,18H,2,4,6,8,10-11,25H2,1H3,(H,28,35)(H,31,36)(H4,26,27,29)/t2*14-,15?,18+/m11/s1. The number of amides is 6.